The fourth-order valence-corrected chi connectivity index (χ4v) is 4.46. The summed E-state index contributed by atoms with van der Waals surface area (Å²) in [7, 11) is 2.20. The molecule has 0 unspecified atom stereocenters. The first-order valence-electron chi connectivity index (χ1n) is 9.34. The molecule has 0 aliphatic carbocycles. The zero-order valence-corrected chi connectivity index (χ0v) is 16.6. The Bertz CT molecular complexity index is 924. The van der Waals surface area contributed by atoms with Crippen molar-refractivity contribution in [3.63, 3.8) is 0 Å². The fourth-order valence-electron chi connectivity index (χ4n) is 4.08. The SMILES string of the molecule is Cc1nc2c(C3CCN(C)CC3)c(C)nn2c(S)c1Cc1ccccc1. The molecule has 0 radical (unpaired) electrons. The smallest absolute Gasteiger partial charge is 0.160 e. The highest BCUT2D eigenvalue weighted by Gasteiger charge is 2.26. The van der Waals surface area contributed by atoms with E-state index in [1.165, 1.54) is 24.0 Å². The van der Waals surface area contributed by atoms with Crippen molar-refractivity contribution in [2.75, 3.05) is 20.1 Å². The Balaban J connectivity index is 1.77. The van der Waals surface area contributed by atoms with E-state index in [9.17, 15) is 0 Å². The van der Waals surface area contributed by atoms with Crippen molar-refractivity contribution in [2.24, 2.45) is 0 Å². The lowest BCUT2D eigenvalue weighted by atomic mass is 9.89. The molecule has 1 aromatic carbocycles. The minimum Gasteiger partial charge on any atom is -0.306 e. The van der Waals surface area contributed by atoms with Crippen molar-refractivity contribution in [2.45, 2.75) is 44.1 Å². The van der Waals surface area contributed by atoms with Crippen LogP contribution in [0.25, 0.3) is 5.65 Å². The number of hydrogen-bond donors (Lipinski definition) is 1. The predicted octanol–water partition coefficient (Wildman–Crippen LogP) is 4.03. The molecule has 0 bridgehead atoms. The van der Waals surface area contributed by atoms with E-state index >= 15 is 0 Å². The number of benzene rings is 1. The zero-order chi connectivity index (χ0) is 18.3. The van der Waals surface area contributed by atoms with Gasteiger partial charge in [0.05, 0.1) is 5.69 Å². The van der Waals surface area contributed by atoms with Gasteiger partial charge in [0, 0.05) is 23.2 Å². The quantitative estimate of drug-likeness (QED) is 0.561. The van der Waals surface area contributed by atoms with Crippen LogP contribution in [0.1, 0.15) is 46.8 Å². The molecular formula is C21H26N4S. The molecule has 4 nitrogen and oxygen atoms in total. The minimum absolute atomic E-state index is 0.545. The fraction of sp³-hybridized carbons (Fsp3) is 0.429. The number of aryl methyl sites for hydroxylation is 2. The first-order chi connectivity index (χ1) is 12.5. The third-order valence-corrected chi connectivity index (χ3v) is 6.07. The highest BCUT2D eigenvalue weighted by molar-refractivity contribution is 7.80. The number of likely N-dealkylation sites (tertiary alicyclic amines) is 1. The Labute approximate surface area is 160 Å². The summed E-state index contributed by atoms with van der Waals surface area (Å²) in [5.41, 5.74) is 6.90. The topological polar surface area (TPSA) is 33.4 Å². The standard InChI is InChI=1S/C21H26N4S/c1-14-18(13-16-7-5-4-6-8-16)21(26)25-20(22-14)19(15(2)23-25)17-9-11-24(3)12-10-17/h4-8,17,26H,9-13H2,1-3H3. The molecule has 4 rings (SSSR count). The summed E-state index contributed by atoms with van der Waals surface area (Å²) < 4.78 is 1.96. The molecule has 26 heavy (non-hydrogen) atoms. The Morgan fingerprint density at radius 1 is 1.08 bits per heavy atom. The van der Waals surface area contributed by atoms with Crippen molar-refractivity contribution >= 4 is 18.3 Å². The van der Waals surface area contributed by atoms with Crippen LogP contribution in [-0.2, 0) is 6.42 Å². The van der Waals surface area contributed by atoms with Gasteiger partial charge in [0.15, 0.2) is 5.65 Å². The normalized spacial score (nSPS) is 16.5. The second-order valence-electron chi connectivity index (χ2n) is 7.47. The molecule has 3 aromatic rings. The molecule has 1 aliphatic heterocycles. The van der Waals surface area contributed by atoms with E-state index in [1.807, 2.05) is 10.6 Å². The second-order valence-corrected chi connectivity index (χ2v) is 7.90. The third kappa shape index (κ3) is 3.14. The third-order valence-electron chi connectivity index (χ3n) is 5.61. The molecule has 2 aromatic heterocycles. The number of nitrogens with zero attached hydrogens (tertiary/aromatic N) is 4. The summed E-state index contributed by atoms with van der Waals surface area (Å²) in [6, 6.07) is 10.5. The maximum atomic E-state index is 4.99. The van der Waals surface area contributed by atoms with Gasteiger partial charge in [-0.15, -0.1) is 12.6 Å². The lowest BCUT2D eigenvalue weighted by Gasteiger charge is -2.28. The van der Waals surface area contributed by atoms with Gasteiger partial charge in [-0.05, 0) is 58.3 Å². The maximum absolute atomic E-state index is 4.99. The molecule has 1 saturated heterocycles. The van der Waals surface area contributed by atoms with Gasteiger partial charge in [-0.25, -0.2) is 9.50 Å². The van der Waals surface area contributed by atoms with Crippen molar-refractivity contribution in [3.05, 3.63) is 58.4 Å². The molecular weight excluding hydrogens is 340 g/mol. The second kappa shape index (κ2) is 7.05. The number of fused-ring (bicyclic) bond motifs is 1. The molecule has 1 fully saturated rings. The average molecular weight is 367 g/mol. The maximum Gasteiger partial charge on any atom is 0.160 e. The monoisotopic (exact) mass is 366 g/mol. The van der Waals surface area contributed by atoms with Crippen LogP contribution in [0.3, 0.4) is 0 Å². The van der Waals surface area contributed by atoms with Crippen molar-refractivity contribution in [1.29, 1.82) is 0 Å². The van der Waals surface area contributed by atoms with Crippen LogP contribution in [-0.4, -0.2) is 39.6 Å². The summed E-state index contributed by atoms with van der Waals surface area (Å²) >= 11 is 4.85. The summed E-state index contributed by atoms with van der Waals surface area (Å²) in [5, 5.41) is 5.73. The van der Waals surface area contributed by atoms with E-state index in [-0.39, 0.29) is 0 Å². The summed E-state index contributed by atoms with van der Waals surface area (Å²) in [6.45, 7) is 6.49. The van der Waals surface area contributed by atoms with Gasteiger partial charge in [0.25, 0.3) is 0 Å². The molecule has 0 atom stereocenters. The molecule has 0 amide bonds. The number of aromatic nitrogens is 3. The van der Waals surface area contributed by atoms with Crippen LogP contribution >= 0.6 is 12.6 Å². The zero-order valence-electron chi connectivity index (χ0n) is 15.7. The van der Waals surface area contributed by atoms with Gasteiger partial charge in [-0.3, -0.25) is 0 Å². The van der Waals surface area contributed by atoms with Crippen molar-refractivity contribution in [1.82, 2.24) is 19.5 Å². The minimum atomic E-state index is 0.545. The molecule has 0 N–H and O–H groups in total. The average Bonchev–Trinajstić information content (AvgIpc) is 2.96. The van der Waals surface area contributed by atoms with E-state index in [2.05, 4.69) is 50.1 Å². The molecule has 5 heteroatoms. The van der Waals surface area contributed by atoms with Crippen LogP contribution in [0.5, 0.6) is 0 Å². The molecule has 136 valence electrons. The molecule has 1 aliphatic rings. The van der Waals surface area contributed by atoms with Gasteiger partial charge in [0.1, 0.15) is 5.03 Å². The number of thiol groups is 1. The summed E-state index contributed by atoms with van der Waals surface area (Å²) in [4.78, 5) is 7.39. The number of rotatable bonds is 3. The Morgan fingerprint density at radius 2 is 1.77 bits per heavy atom. The molecule has 0 saturated carbocycles. The molecule has 0 spiro atoms. The predicted molar refractivity (Wildman–Crippen MR) is 108 cm³/mol. The summed E-state index contributed by atoms with van der Waals surface area (Å²) in [6.07, 6.45) is 3.18. The summed E-state index contributed by atoms with van der Waals surface area (Å²) in [5.74, 6) is 0.545. The number of hydrogen-bond acceptors (Lipinski definition) is 4. The van der Waals surface area contributed by atoms with Gasteiger partial charge in [-0.1, -0.05) is 30.3 Å². The van der Waals surface area contributed by atoms with Crippen LogP contribution in [0.2, 0.25) is 0 Å². The van der Waals surface area contributed by atoms with Gasteiger partial charge >= 0.3 is 0 Å². The van der Waals surface area contributed by atoms with Crippen LogP contribution in [0.4, 0.5) is 0 Å². The van der Waals surface area contributed by atoms with Crippen LogP contribution < -0.4 is 0 Å². The lowest BCUT2D eigenvalue weighted by molar-refractivity contribution is 0.255. The number of piperidine rings is 1. The van der Waals surface area contributed by atoms with Gasteiger partial charge in [-0.2, -0.15) is 5.10 Å². The van der Waals surface area contributed by atoms with E-state index < -0.39 is 0 Å². The first-order valence-corrected chi connectivity index (χ1v) is 9.79. The highest BCUT2D eigenvalue weighted by Crippen LogP contribution is 2.34. The van der Waals surface area contributed by atoms with Crippen LogP contribution in [0, 0.1) is 13.8 Å². The van der Waals surface area contributed by atoms with Gasteiger partial charge < -0.3 is 4.90 Å². The Hall–Kier alpha value is -1.85. The van der Waals surface area contributed by atoms with E-state index in [1.54, 1.807) is 0 Å². The molecule has 3 heterocycles. The van der Waals surface area contributed by atoms with Gasteiger partial charge in [0.2, 0.25) is 0 Å². The van der Waals surface area contributed by atoms with E-state index in [4.69, 9.17) is 22.7 Å². The lowest BCUT2D eigenvalue weighted by Crippen LogP contribution is -2.29. The highest BCUT2D eigenvalue weighted by atomic mass is 32.1. The van der Waals surface area contributed by atoms with Crippen LogP contribution in [0.15, 0.2) is 35.4 Å². The van der Waals surface area contributed by atoms with E-state index in [0.717, 1.165) is 47.1 Å². The van der Waals surface area contributed by atoms with Crippen molar-refractivity contribution < 1.29 is 0 Å². The first kappa shape index (κ1) is 17.6. The largest absolute Gasteiger partial charge is 0.306 e. The van der Waals surface area contributed by atoms with Crippen molar-refractivity contribution in [3.8, 4) is 0 Å². The Morgan fingerprint density at radius 3 is 2.46 bits per heavy atom. The Kier molecular flexibility index (Phi) is 4.76. The van der Waals surface area contributed by atoms with E-state index in [0.29, 0.717) is 5.92 Å².